The molecule has 1 rings (SSSR count). The Morgan fingerprint density at radius 3 is 2.77 bits per heavy atom. The monoisotopic (exact) mass is 187 g/mol. The number of aliphatic hydroxyl groups is 1. The van der Waals surface area contributed by atoms with Gasteiger partial charge < -0.3 is 10.2 Å². The molecule has 0 saturated carbocycles. The first-order chi connectivity index (χ1) is 6.11. The maximum atomic E-state index is 11.0. The predicted octanol–water partition coefficient (Wildman–Crippen LogP) is 0.308. The van der Waals surface area contributed by atoms with Crippen molar-refractivity contribution in [3.63, 3.8) is 0 Å². The van der Waals surface area contributed by atoms with Gasteiger partial charge in [0.15, 0.2) is 0 Å². The highest BCUT2D eigenvalue weighted by atomic mass is 16.4. The average molecular weight is 187 g/mol. The van der Waals surface area contributed by atoms with E-state index in [-0.39, 0.29) is 6.61 Å². The smallest absolute Gasteiger partial charge is 0.323 e. The summed E-state index contributed by atoms with van der Waals surface area (Å²) < 4.78 is 0. The fraction of sp³-hybridized carbons (Fsp3) is 0.889. The first-order valence-corrected chi connectivity index (χ1v) is 4.70. The second-order valence-electron chi connectivity index (χ2n) is 3.75. The lowest BCUT2D eigenvalue weighted by Crippen LogP contribution is -2.55. The molecule has 1 heterocycles. The Labute approximate surface area is 78.2 Å². The molecular formula is C9H17NO3. The molecule has 0 amide bonds. The number of carboxylic acids is 1. The topological polar surface area (TPSA) is 60.8 Å². The minimum Gasteiger partial charge on any atom is -0.480 e. The summed E-state index contributed by atoms with van der Waals surface area (Å²) in [5, 5.41) is 17.9. The average Bonchev–Trinajstić information content (AvgIpc) is 2.09. The minimum absolute atomic E-state index is 0.0306. The molecule has 0 aromatic rings. The summed E-state index contributed by atoms with van der Waals surface area (Å²) in [5.74, 6) is -0.777. The minimum atomic E-state index is -0.777. The summed E-state index contributed by atoms with van der Waals surface area (Å²) in [7, 11) is 0. The quantitative estimate of drug-likeness (QED) is 0.667. The van der Waals surface area contributed by atoms with Gasteiger partial charge in [-0.15, -0.1) is 0 Å². The number of hydrogen-bond acceptors (Lipinski definition) is 3. The number of carboxylic acid groups (broad SMARTS) is 1. The van der Waals surface area contributed by atoms with Crippen molar-refractivity contribution < 1.29 is 15.0 Å². The maximum absolute atomic E-state index is 11.0. The second kappa shape index (κ2) is 4.07. The molecule has 1 unspecified atom stereocenters. The van der Waals surface area contributed by atoms with Crippen molar-refractivity contribution in [2.24, 2.45) is 0 Å². The van der Waals surface area contributed by atoms with Crippen LogP contribution in [0.15, 0.2) is 0 Å². The highest BCUT2D eigenvalue weighted by molar-refractivity contribution is 5.78. The SMILES string of the molecule is CC1(C(=O)O)CCCCN1CCO. The third-order valence-electron chi connectivity index (χ3n) is 2.87. The molecule has 13 heavy (non-hydrogen) atoms. The van der Waals surface area contributed by atoms with E-state index < -0.39 is 11.5 Å². The fourth-order valence-corrected chi connectivity index (χ4v) is 1.90. The van der Waals surface area contributed by atoms with Crippen LogP contribution in [-0.4, -0.2) is 46.3 Å². The molecule has 76 valence electrons. The van der Waals surface area contributed by atoms with E-state index in [0.717, 1.165) is 19.4 Å². The Kier molecular flexibility index (Phi) is 3.27. The number of rotatable bonds is 3. The van der Waals surface area contributed by atoms with Crippen LogP contribution in [0.4, 0.5) is 0 Å². The number of piperidine rings is 1. The van der Waals surface area contributed by atoms with Crippen LogP contribution in [0.2, 0.25) is 0 Å². The standard InChI is InChI=1S/C9H17NO3/c1-9(8(12)13)4-2-3-5-10(9)6-7-11/h11H,2-7H2,1H3,(H,12,13). The number of nitrogens with zero attached hydrogens (tertiary/aromatic N) is 1. The molecule has 1 aliphatic rings. The number of aliphatic carboxylic acids is 1. The van der Waals surface area contributed by atoms with Gasteiger partial charge in [0.05, 0.1) is 6.61 Å². The van der Waals surface area contributed by atoms with Crippen molar-refractivity contribution >= 4 is 5.97 Å². The summed E-state index contributed by atoms with van der Waals surface area (Å²) >= 11 is 0. The van der Waals surface area contributed by atoms with Crippen LogP contribution in [0, 0.1) is 0 Å². The molecule has 1 atom stereocenters. The molecule has 0 spiro atoms. The van der Waals surface area contributed by atoms with Gasteiger partial charge in [0, 0.05) is 6.54 Å². The van der Waals surface area contributed by atoms with Gasteiger partial charge in [0.2, 0.25) is 0 Å². The Bertz CT molecular complexity index is 193. The number of hydrogen-bond donors (Lipinski definition) is 2. The zero-order valence-corrected chi connectivity index (χ0v) is 7.99. The largest absolute Gasteiger partial charge is 0.480 e. The number of β-amino-alcohol motifs (C(OH)–C–C–N with tert-alkyl or cyclic N) is 1. The number of carbonyl (C=O) groups is 1. The first-order valence-electron chi connectivity index (χ1n) is 4.70. The van der Waals surface area contributed by atoms with Gasteiger partial charge in [0.25, 0.3) is 0 Å². The third kappa shape index (κ3) is 2.00. The van der Waals surface area contributed by atoms with Crippen LogP contribution in [-0.2, 0) is 4.79 Å². The summed E-state index contributed by atoms with van der Waals surface area (Å²) in [6.07, 6.45) is 2.68. The van der Waals surface area contributed by atoms with Crippen LogP contribution >= 0.6 is 0 Å². The molecule has 2 N–H and O–H groups in total. The van der Waals surface area contributed by atoms with E-state index in [1.54, 1.807) is 6.92 Å². The van der Waals surface area contributed by atoms with Gasteiger partial charge in [-0.05, 0) is 32.7 Å². The molecule has 4 heteroatoms. The second-order valence-corrected chi connectivity index (χ2v) is 3.75. The lowest BCUT2D eigenvalue weighted by atomic mass is 9.88. The van der Waals surface area contributed by atoms with Crippen molar-refractivity contribution in [3.8, 4) is 0 Å². The zero-order valence-electron chi connectivity index (χ0n) is 7.99. The molecule has 0 radical (unpaired) electrons. The van der Waals surface area contributed by atoms with E-state index in [0.29, 0.717) is 13.0 Å². The van der Waals surface area contributed by atoms with Crippen molar-refractivity contribution in [2.75, 3.05) is 19.7 Å². The van der Waals surface area contributed by atoms with Crippen LogP contribution in [0.5, 0.6) is 0 Å². The van der Waals surface area contributed by atoms with Crippen LogP contribution in [0.1, 0.15) is 26.2 Å². The lowest BCUT2D eigenvalue weighted by molar-refractivity contribution is -0.153. The molecule has 0 aromatic carbocycles. The van der Waals surface area contributed by atoms with Crippen molar-refractivity contribution in [3.05, 3.63) is 0 Å². The molecular weight excluding hydrogens is 170 g/mol. The van der Waals surface area contributed by atoms with E-state index in [9.17, 15) is 4.79 Å². The first kappa shape index (κ1) is 10.5. The van der Waals surface area contributed by atoms with E-state index in [1.165, 1.54) is 0 Å². The normalized spacial score (nSPS) is 30.3. The molecule has 1 aliphatic heterocycles. The molecule has 0 aromatic heterocycles. The number of aliphatic hydroxyl groups excluding tert-OH is 1. The summed E-state index contributed by atoms with van der Waals surface area (Å²) in [5.41, 5.74) is -0.763. The highest BCUT2D eigenvalue weighted by Gasteiger charge is 2.40. The zero-order chi connectivity index (χ0) is 9.90. The van der Waals surface area contributed by atoms with Crippen molar-refractivity contribution in [1.29, 1.82) is 0 Å². The van der Waals surface area contributed by atoms with E-state index >= 15 is 0 Å². The summed E-state index contributed by atoms with van der Waals surface area (Å²) in [6.45, 7) is 3.01. The van der Waals surface area contributed by atoms with E-state index in [4.69, 9.17) is 10.2 Å². The van der Waals surface area contributed by atoms with Crippen LogP contribution in [0.25, 0.3) is 0 Å². The Balaban J connectivity index is 2.71. The molecule has 4 nitrogen and oxygen atoms in total. The molecule has 1 fully saturated rings. The molecule has 1 saturated heterocycles. The Morgan fingerprint density at radius 2 is 2.23 bits per heavy atom. The summed E-state index contributed by atoms with van der Waals surface area (Å²) in [6, 6.07) is 0. The van der Waals surface area contributed by atoms with Crippen LogP contribution in [0.3, 0.4) is 0 Å². The van der Waals surface area contributed by atoms with Gasteiger partial charge >= 0.3 is 5.97 Å². The van der Waals surface area contributed by atoms with E-state index in [2.05, 4.69) is 0 Å². The van der Waals surface area contributed by atoms with Crippen LogP contribution < -0.4 is 0 Å². The van der Waals surface area contributed by atoms with Gasteiger partial charge in [-0.1, -0.05) is 0 Å². The molecule has 0 bridgehead atoms. The lowest BCUT2D eigenvalue weighted by Gasteiger charge is -2.41. The van der Waals surface area contributed by atoms with Gasteiger partial charge in [-0.25, -0.2) is 0 Å². The van der Waals surface area contributed by atoms with Gasteiger partial charge in [-0.3, -0.25) is 9.69 Å². The van der Waals surface area contributed by atoms with Gasteiger partial charge in [-0.2, -0.15) is 0 Å². The van der Waals surface area contributed by atoms with Gasteiger partial charge in [0.1, 0.15) is 5.54 Å². The van der Waals surface area contributed by atoms with Crippen molar-refractivity contribution in [1.82, 2.24) is 4.90 Å². The molecule has 0 aliphatic carbocycles. The fourth-order valence-electron chi connectivity index (χ4n) is 1.90. The van der Waals surface area contributed by atoms with Crippen molar-refractivity contribution in [2.45, 2.75) is 31.7 Å². The third-order valence-corrected chi connectivity index (χ3v) is 2.87. The Morgan fingerprint density at radius 1 is 1.54 bits per heavy atom. The summed E-state index contributed by atoms with van der Waals surface area (Å²) in [4.78, 5) is 12.9. The predicted molar refractivity (Wildman–Crippen MR) is 48.6 cm³/mol. The number of likely N-dealkylation sites (tertiary alicyclic amines) is 1. The Hall–Kier alpha value is -0.610. The van der Waals surface area contributed by atoms with E-state index in [1.807, 2.05) is 4.90 Å². The highest BCUT2D eigenvalue weighted by Crippen LogP contribution is 2.27. The maximum Gasteiger partial charge on any atom is 0.323 e.